The van der Waals surface area contributed by atoms with Crippen LogP contribution >= 0.6 is 11.6 Å². The number of benzene rings is 2. The highest BCUT2D eigenvalue weighted by Gasteiger charge is 2.14. The second kappa shape index (κ2) is 7.40. The summed E-state index contributed by atoms with van der Waals surface area (Å²) in [5.41, 5.74) is 0.632. The van der Waals surface area contributed by atoms with Crippen LogP contribution in [0.25, 0.3) is 0 Å². The summed E-state index contributed by atoms with van der Waals surface area (Å²) < 4.78 is 40.0. The van der Waals surface area contributed by atoms with Crippen molar-refractivity contribution in [1.82, 2.24) is 9.97 Å². The maximum absolute atomic E-state index is 13.7. The molecule has 0 atom stereocenters. The third-order valence-corrected chi connectivity index (χ3v) is 3.72. The lowest BCUT2D eigenvalue weighted by atomic mass is 10.2. The Hall–Kier alpha value is -2.80. The van der Waals surface area contributed by atoms with E-state index in [1.807, 2.05) is 18.2 Å². The third kappa shape index (κ3) is 4.00. The average Bonchev–Trinajstić information content (AvgIpc) is 2.62. The Balaban J connectivity index is 1.74. The molecule has 0 unspecified atom stereocenters. The maximum Gasteiger partial charge on any atom is 0.224 e. The van der Waals surface area contributed by atoms with Crippen LogP contribution in [-0.2, 0) is 6.54 Å². The molecular weight excluding hydrogens is 353 g/mol. The molecule has 8 heteroatoms. The van der Waals surface area contributed by atoms with Crippen LogP contribution < -0.4 is 10.6 Å². The first-order chi connectivity index (χ1) is 12.0. The molecule has 0 saturated carbocycles. The van der Waals surface area contributed by atoms with Gasteiger partial charge in [-0.25, -0.2) is 18.2 Å². The third-order valence-electron chi connectivity index (χ3n) is 3.35. The normalized spacial score (nSPS) is 10.6. The van der Waals surface area contributed by atoms with Crippen LogP contribution in [0.1, 0.15) is 5.56 Å². The Morgan fingerprint density at radius 1 is 0.960 bits per heavy atom. The quantitative estimate of drug-likeness (QED) is 0.632. The van der Waals surface area contributed by atoms with Crippen molar-refractivity contribution in [2.75, 3.05) is 10.6 Å². The summed E-state index contributed by atoms with van der Waals surface area (Å²) >= 11 is 6.07. The number of halogens is 4. The molecule has 128 valence electrons. The predicted molar refractivity (Wildman–Crippen MR) is 90.4 cm³/mol. The first-order valence-electron chi connectivity index (χ1n) is 7.25. The Morgan fingerprint density at radius 2 is 1.76 bits per heavy atom. The van der Waals surface area contributed by atoms with E-state index in [0.717, 1.165) is 17.7 Å². The lowest BCUT2D eigenvalue weighted by Gasteiger charge is -2.10. The van der Waals surface area contributed by atoms with Gasteiger partial charge in [-0.05, 0) is 29.8 Å². The Kier molecular flexibility index (Phi) is 5.04. The molecule has 0 aliphatic rings. The van der Waals surface area contributed by atoms with Gasteiger partial charge >= 0.3 is 0 Å². The van der Waals surface area contributed by atoms with Gasteiger partial charge in [0, 0.05) is 17.8 Å². The molecule has 0 radical (unpaired) electrons. The molecule has 1 aromatic heterocycles. The fourth-order valence-corrected chi connectivity index (χ4v) is 2.29. The minimum absolute atomic E-state index is 0.224. The van der Waals surface area contributed by atoms with Crippen molar-refractivity contribution in [3.8, 4) is 0 Å². The number of nitrogens with zero attached hydrogens (tertiary/aromatic N) is 2. The van der Waals surface area contributed by atoms with Gasteiger partial charge < -0.3 is 10.6 Å². The number of nitrogens with one attached hydrogen (secondary N) is 2. The second-order valence-corrected chi connectivity index (χ2v) is 5.47. The van der Waals surface area contributed by atoms with Crippen LogP contribution in [0.3, 0.4) is 0 Å². The summed E-state index contributed by atoms with van der Waals surface area (Å²) in [6.45, 7) is 0.392. The van der Waals surface area contributed by atoms with Gasteiger partial charge in [0.05, 0.1) is 5.69 Å². The minimum Gasteiger partial charge on any atom is -0.350 e. The monoisotopic (exact) mass is 364 g/mol. The first kappa shape index (κ1) is 17.0. The van der Waals surface area contributed by atoms with E-state index in [-0.39, 0.29) is 17.5 Å². The number of rotatable bonds is 5. The molecule has 25 heavy (non-hydrogen) atoms. The lowest BCUT2D eigenvalue weighted by Crippen LogP contribution is -2.06. The van der Waals surface area contributed by atoms with E-state index in [2.05, 4.69) is 20.6 Å². The zero-order valence-corrected chi connectivity index (χ0v) is 13.5. The minimum atomic E-state index is -1.55. The molecule has 1 heterocycles. The largest absolute Gasteiger partial charge is 0.350 e. The molecule has 2 aromatic carbocycles. The van der Waals surface area contributed by atoms with Crippen LogP contribution in [0.15, 0.2) is 48.7 Å². The fraction of sp³-hybridized carbons (Fsp3) is 0.0588. The van der Waals surface area contributed by atoms with Crippen molar-refractivity contribution < 1.29 is 13.2 Å². The van der Waals surface area contributed by atoms with E-state index < -0.39 is 17.5 Å². The molecule has 0 fully saturated rings. The standard InChI is InChI=1S/C17H12ClF3N4/c18-11-4-2-1-3-10(11)9-23-17-22-8-7-14(25-17)24-13-6-5-12(19)15(20)16(13)21/h1-8H,9H2,(H2,22,23,24,25). The van der Waals surface area contributed by atoms with Crippen molar-refractivity contribution in [3.05, 3.63) is 76.7 Å². The van der Waals surface area contributed by atoms with Crippen molar-refractivity contribution >= 4 is 29.1 Å². The average molecular weight is 365 g/mol. The summed E-state index contributed by atoms with van der Waals surface area (Å²) in [5.74, 6) is -3.62. The Labute approximate surface area is 146 Å². The number of anilines is 3. The molecule has 3 aromatic rings. The van der Waals surface area contributed by atoms with Crippen molar-refractivity contribution in [1.29, 1.82) is 0 Å². The molecule has 0 aliphatic carbocycles. The molecule has 3 rings (SSSR count). The van der Waals surface area contributed by atoms with Crippen LogP contribution in [0, 0.1) is 17.5 Å². The maximum atomic E-state index is 13.7. The second-order valence-electron chi connectivity index (χ2n) is 5.06. The van der Waals surface area contributed by atoms with Gasteiger partial charge in [0.2, 0.25) is 5.95 Å². The summed E-state index contributed by atoms with van der Waals surface area (Å²) in [5, 5.41) is 6.18. The number of hydrogen-bond donors (Lipinski definition) is 2. The van der Waals surface area contributed by atoms with Gasteiger partial charge in [-0.15, -0.1) is 0 Å². The fourth-order valence-electron chi connectivity index (χ4n) is 2.09. The summed E-state index contributed by atoms with van der Waals surface area (Å²) in [6, 6.07) is 10.7. The van der Waals surface area contributed by atoms with E-state index in [4.69, 9.17) is 11.6 Å². The molecule has 0 spiro atoms. The highest BCUT2D eigenvalue weighted by atomic mass is 35.5. The molecule has 0 bridgehead atoms. The van der Waals surface area contributed by atoms with Crippen LogP contribution in [0.5, 0.6) is 0 Å². The predicted octanol–water partition coefficient (Wildman–Crippen LogP) is 4.90. The van der Waals surface area contributed by atoms with Gasteiger partial charge in [0.25, 0.3) is 0 Å². The number of aromatic nitrogens is 2. The molecule has 2 N–H and O–H groups in total. The van der Waals surface area contributed by atoms with E-state index in [1.54, 1.807) is 6.07 Å². The van der Waals surface area contributed by atoms with Crippen molar-refractivity contribution in [2.24, 2.45) is 0 Å². The summed E-state index contributed by atoms with van der Waals surface area (Å²) in [4.78, 5) is 8.19. The zero-order valence-electron chi connectivity index (χ0n) is 12.7. The molecule has 0 saturated heterocycles. The molecule has 0 aliphatic heterocycles. The van der Waals surface area contributed by atoms with Crippen LogP contribution in [-0.4, -0.2) is 9.97 Å². The smallest absolute Gasteiger partial charge is 0.224 e. The van der Waals surface area contributed by atoms with Crippen LogP contribution in [0.4, 0.5) is 30.6 Å². The van der Waals surface area contributed by atoms with E-state index >= 15 is 0 Å². The zero-order chi connectivity index (χ0) is 17.8. The lowest BCUT2D eigenvalue weighted by molar-refractivity contribution is 0.449. The van der Waals surface area contributed by atoms with E-state index in [1.165, 1.54) is 12.3 Å². The van der Waals surface area contributed by atoms with Crippen molar-refractivity contribution in [3.63, 3.8) is 0 Å². The van der Waals surface area contributed by atoms with Gasteiger partial charge in [0.1, 0.15) is 5.82 Å². The van der Waals surface area contributed by atoms with Crippen LogP contribution in [0.2, 0.25) is 5.02 Å². The van der Waals surface area contributed by atoms with E-state index in [0.29, 0.717) is 11.6 Å². The summed E-state index contributed by atoms with van der Waals surface area (Å²) in [7, 11) is 0. The molecule has 0 amide bonds. The molecular formula is C17H12ClF3N4. The number of hydrogen-bond acceptors (Lipinski definition) is 4. The SMILES string of the molecule is Fc1ccc(Nc2ccnc(NCc3ccccc3Cl)n2)c(F)c1F. The Bertz CT molecular complexity index is 905. The topological polar surface area (TPSA) is 49.8 Å². The van der Waals surface area contributed by atoms with Gasteiger partial charge in [-0.2, -0.15) is 4.98 Å². The first-order valence-corrected chi connectivity index (χ1v) is 7.63. The van der Waals surface area contributed by atoms with Gasteiger partial charge in [0.15, 0.2) is 17.5 Å². The van der Waals surface area contributed by atoms with Crippen molar-refractivity contribution in [2.45, 2.75) is 6.54 Å². The summed E-state index contributed by atoms with van der Waals surface area (Å²) in [6.07, 6.45) is 1.45. The Morgan fingerprint density at radius 3 is 2.56 bits per heavy atom. The molecule has 4 nitrogen and oxygen atoms in total. The highest BCUT2D eigenvalue weighted by molar-refractivity contribution is 6.31. The van der Waals surface area contributed by atoms with Gasteiger partial charge in [-0.1, -0.05) is 29.8 Å². The van der Waals surface area contributed by atoms with E-state index in [9.17, 15) is 13.2 Å². The highest BCUT2D eigenvalue weighted by Crippen LogP contribution is 2.23. The van der Waals surface area contributed by atoms with Gasteiger partial charge in [-0.3, -0.25) is 0 Å².